The number of thioether (sulfide) groups is 1. The summed E-state index contributed by atoms with van der Waals surface area (Å²) in [6.45, 7) is 5.60. The lowest BCUT2D eigenvalue weighted by Gasteiger charge is -2.21. The molecule has 1 amide bonds. The third kappa shape index (κ3) is 4.64. The van der Waals surface area contributed by atoms with Crippen LogP contribution in [-0.4, -0.2) is 32.7 Å². The van der Waals surface area contributed by atoms with Crippen molar-refractivity contribution in [2.75, 3.05) is 12.3 Å². The van der Waals surface area contributed by atoms with E-state index in [2.05, 4.69) is 20.9 Å². The number of rotatable bonds is 7. The highest BCUT2D eigenvalue weighted by molar-refractivity contribution is 9.10. The van der Waals surface area contributed by atoms with Gasteiger partial charge in [0.05, 0.1) is 16.7 Å². The number of carbonyl (C=O) groups excluding carboxylic acids is 1. The molecule has 5 nitrogen and oxygen atoms in total. The minimum atomic E-state index is -0.0830. The highest BCUT2D eigenvalue weighted by Crippen LogP contribution is 2.21. The van der Waals surface area contributed by atoms with Gasteiger partial charge in [0, 0.05) is 24.1 Å². The van der Waals surface area contributed by atoms with Crippen LogP contribution in [0.1, 0.15) is 19.4 Å². The van der Waals surface area contributed by atoms with Crippen LogP contribution in [-0.2, 0) is 17.9 Å². The summed E-state index contributed by atoms with van der Waals surface area (Å²) in [6, 6.07) is 15.4. The van der Waals surface area contributed by atoms with E-state index in [1.54, 1.807) is 10.6 Å². The summed E-state index contributed by atoms with van der Waals surface area (Å²) in [5, 5.41) is 1.15. The average molecular weight is 460 g/mol. The molecular weight excluding hydrogens is 438 g/mol. The Labute approximate surface area is 176 Å². The topological polar surface area (TPSA) is 55.2 Å². The van der Waals surface area contributed by atoms with Gasteiger partial charge in [0.25, 0.3) is 5.56 Å². The third-order valence-electron chi connectivity index (χ3n) is 4.47. The van der Waals surface area contributed by atoms with E-state index in [9.17, 15) is 9.59 Å². The zero-order chi connectivity index (χ0) is 20.1. The van der Waals surface area contributed by atoms with Crippen LogP contribution in [0.5, 0.6) is 0 Å². The number of hydrogen-bond acceptors (Lipinski definition) is 4. The van der Waals surface area contributed by atoms with E-state index in [1.165, 1.54) is 11.8 Å². The van der Waals surface area contributed by atoms with Crippen LogP contribution in [0.25, 0.3) is 10.9 Å². The van der Waals surface area contributed by atoms with Gasteiger partial charge < -0.3 is 4.90 Å². The van der Waals surface area contributed by atoms with Gasteiger partial charge in [0.2, 0.25) is 5.91 Å². The fourth-order valence-corrected chi connectivity index (χ4v) is 4.29. The Morgan fingerprint density at radius 1 is 1.18 bits per heavy atom. The van der Waals surface area contributed by atoms with Crippen molar-refractivity contribution in [2.45, 2.75) is 32.1 Å². The summed E-state index contributed by atoms with van der Waals surface area (Å²) in [5.74, 6) is 0.277. The smallest absolute Gasteiger partial charge is 0.262 e. The lowest BCUT2D eigenvalue weighted by Crippen LogP contribution is -2.32. The van der Waals surface area contributed by atoms with Gasteiger partial charge in [0.15, 0.2) is 5.16 Å². The van der Waals surface area contributed by atoms with Crippen molar-refractivity contribution in [1.29, 1.82) is 0 Å². The van der Waals surface area contributed by atoms with Crippen molar-refractivity contribution in [3.8, 4) is 0 Å². The highest BCUT2D eigenvalue weighted by Gasteiger charge is 2.16. The van der Waals surface area contributed by atoms with Crippen molar-refractivity contribution in [3.05, 3.63) is 68.9 Å². The Balaban J connectivity index is 1.79. The Morgan fingerprint density at radius 2 is 1.93 bits per heavy atom. The van der Waals surface area contributed by atoms with Gasteiger partial charge in [-0.3, -0.25) is 14.2 Å². The number of carbonyl (C=O) groups is 1. The number of benzene rings is 2. The molecule has 0 aliphatic carbocycles. The summed E-state index contributed by atoms with van der Waals surface area (Å²) in [5.41, 5.74) is 1.66. The van der Waals surface area contributed by atoms with E-state index in [1.807, 2.05) is 61.2 Å². The molecule has 3 aromatic rings. The first-order valence-electron chi connectivity index (χ1n) is 9.18. The lowest BCUT2D eigenvalue weighted by atomic mass is 10.2. The molecule has 1 heterocycles. The average Bonchev–Trinajstić information content (AvgIpc) is 2.71. The molecule has 7 heteroatoms. The summed E-state index contributed by atoms with van der Waals surface area (Å²) in [6.07, 6.45) is 0. The first kappa shape index (κ1) is 20.6. The first-order chi connectivity index (χ1) is 13.5. The molecular formula is C21H22BrN3O2S. The third-order valence-corrected chi connectivity index (χ3v) is 5.93. The number of amides is 1. The second-order valence-corrected chi connectivity index (χ2v) is 8.15. The van der Waals surface area contributed by atoms with E-state index in [-0.39, 0.29) is 17.2 Å². The Morgan fingerprint density at radius 3 is 2.61 bits per heavy atom. The SMILES string of the molecule is CCN(Cc1ccccc1)C(=O)CSc1nc2ccc(Br)cc2c(=O)n1CC. The Kier molecular flexibility index (Phi) is 6.91. The molecule has 3 rings (SSSR count). The predicted molar refractivity (Wildman–Crippen MR) is 118 cm³/mol. The first-order valence-corrected chi connectivity index (χ1v) is 11.0. The maximum Gasteiger partial charge on any atom is 0.262 e. The van der Waals surface area contributed by atoms with Crippen LogP contribution >= 0.6 is 27.7 Å². The number of hydrogen-bond donors (Lipinski definition) is 0. The van der Waals surface area contributed by atoms with Gasteiger partial charge in [-0.1, -0.05) is 58.0 Å². The predicted octanol–water partition coefficient (Wildman–Crippen LogP) is 4.32. The summed E-state index contributed by atoms with van der Waals surface area (Å²) >= 11 is 4.72. The van der Waals surface area contributed by atoms with Crippen LogP contribution < -0.4 is 5.56 Å². The zero-order valence-corrected chi connectivity index (χ0v) is 18.3. The van der Waals surface area contributed by atoms with Crippen LogP contribution in [0.4, 0.5) is 0 Å². The van der Waals surface area contributed by atoms with E-state index < -0.39 is 0 Å². The second-order valence-electron chi connectivity index (χ2n) is 6.29. The monoisotopic (exact) mass is 459 g/mol. The van der Waals surface area contributed by atoms with Gasteiger partial charge in [0.1, 0.15) is 0 Å². The van der Waals surface area contributed by atoms with E-state index >= 15 is 0 Å². The van der Waals surface area contributed by atoms with Crippen molar-refractivity contribution in [1.82, 2.24) is 14.5 Å². The number of fused-ring (bicyclic) bond motifs is 1. The number of nitrogens with zero attached hydrogens (tertiary/aromatic N) is 3. The Bertz CT molecular complexity index is 1040. The molecule has 1 aromatic heterocycles. The van der Waals surface area contributed by atoms with Crippen molar-refractivity contribution in [3.63, 3.8) is 0 Å². The number of halogens is 1. The van der Waals surface area contributed by atoms with Gasteiger partial charge in [-0.2, -0.15) is 0 Å². The molecule has 0 aliphatic heterocycles. The molecule has 28 heavy (non-hydrogen) atoms. The van der Waals surface area contributed by atoms with Gasteiger partial charge >= 0.3 is 0 Å². The van der Waals surface area contributed by atoms with Gasteiger partial charge in [-0.05, 0) is 37.6 Å². The normalized spacial score (nSPS) is 11.0. The van der Waals surface area contributed by atoms with Crippen molar-refractivity contribution >= 4 is 44.5 Å². The molecule has 2 aromatic carbocycles. The van der Waals surface area contributed by atoms with Crippen LogP contribution in [0.2, 0.25) is 0 Å². The van der Waals surface area contributed by atoms with E-state index in [0.29, 0.717) is 35.7 Å². The van der Waals surface area contributed by atoms with Crippen LogP contribution in [0, 0.1) is 0 Å². The maximum atomic E-state index is 12.8. The molecule has 146 valence electrons. The maximum absolute atomic E-state index is 12.8. The minimum Gasteiger partial charge on any atom is -0.338 e. The molecule has 0 N–H and O–H groups in total. The van der Waals surface area contributed by atoms with E-state index in [4.69, 9.17) is 0 Å². The molecule has 0 saturated heterocycles. The highest BCUT2D eigenvalue weighted by atomic mass is 79.9. The molecule has 0 saturated carbocycles. The summed E-state index contributed by atoms with van der Waals surface area (Å²) < 4.78 is 2.47. The van der Waals surface area contributed by atoms with E-state index in [0.717, 1.165) is 10.0 Å². The van der Waals surface area contributed by atoms with Crippen molar-refractivity contribution in [2.24, 2.45) is 0 Å². The van der Waals surface area contributed by atoms with Crippen molar-refractivity contribution < 1.29 is 4.79 Å². The van der Waals surface area contributed by atoms with Crippen LogP contribution in [0.15, 0.2) is 63.0 Å². The fourth-order valence-electron chi connectivity index (χ4n) is 2.96. The molecule has 0 fully saturated rings. The fraction of sp³-hybridized carbons (Fsp3) is 0.286. The second kappa shape index (κ2) is 9.39. The quantitative estimate of drug-likeness (QED) is 0.389. The minimum absolute atomic E-state index is 0.0316. The molecule has 0 radical (unpaired) electrons. The summed E-state index contributed by atoms with van der Waals surface area (Å²) in [4.78, 5) is 32.0. The standard InChI is InChI=1S/C21H22BrN3O2S/c1-3-24(13-15-8-6-5-7-9-15)19(26)14-28-21-23-18-11-10-16(22)12-17(18)20(27)25(21)4-2/h5-12H,3-4,13-14H2,1-2H3. The number of aromatic nitrogens is 2. The summed E-state index contributed by atoms with van der Waals surface area (Å²) in [7, 11) is 0. The lowest BCUT2D eigenvalue weighted by molar-refractivity contribution is -0.128. The van der Waals surface area contributed by atoms with Crippen LogP contribution in [0.3, 0.4) is 0 Å². The largest absolute Gasteiger partial charge is 0.338 e. The van der Waals surface area contributed by atoms with Gasteiger partial charge in [-0.25, -0.2) is 4.98 Å². The molecule has 0 atom stereocenters. The molecule has 0 bridgehead atoms. The molecule has 0 aliphatic rings. The molecule has 0 unspecified atom stereocenters. The Hall–Kier alpha value is -2.12. The molecule has 0 spiro atoms. The van der Waals surface area contributed by atoms with Gasteiger partial charge in [-0.15, -0.1) is 0 Å². The zero-order valence-electron chi connectivity index (χ0n) is 15.9.